The fourth-order valence-corrected chi connectivity index (χ4v) is 2.89. The van der Waals surface area contributed by atoms with Gasteiger partial charge in [-0.05, 0) is 78.9 Å². The minimum Gasteiger partial charge on any atom is -0.484 e. The normalized spacial score (nSPS) is 10.6. The van der Waals surface area contributed by atoms with Gasteiger partial charge in [-0.3, -0.25) is 4.79 Å². The molecule has 1 amide bonds. The molecule has 0 aliphatic carbocycles. The van der Waals surface area contributed by atoms with E-state index in [2.05, 4.69) is 20.8 Å². The molecule has 0 aliphatic heterocycles. The molecule has 1 N–H and O–H groups in total. The Labute approximate surface area is 183 Å². The van der Waals surface area contributed by atoms with Gasteiger partial charge >= 0.3 is 0 Å². The molecule has 1 aromatic heterocycles. The topological polar surface area (TPSA) is 91.2 Å². The summed E-state index contributed by atoms with van der Waals surface area (Å²) in [7, 11) is 0. The van der Waals surface area contributed by atoms with E-state index in [1.165, 1.54) is 22.9 Å². The zero-order chi connectivity index (χ0) is 22.5. The summed E-state index contributed by atoms with van der Waals surface area (Å²) in [4.78, 5) is 12.3. The highest BCUT2D eigenvalue weighted by Crippen LogP contribution is 2.24. The van der Waals surface area contributed by atoms with E-state index < -0.39 is 11.7 Å². The molecule has 0 unspecified atom stereocenters. The van der Waals surface area contributed by atoms with E-state index in [1.54, 1.807) is 31.2 Å². The number of carbonyl (C=O) groups excluding carboxylic acids is 1. The SMILES string of the molecule is Cc1ccc(Oc2ccc(OCC(=O)Nc3cc(-n4nnnc4C)ccc3F)cc2)cc1. The minimum absolute atomic E-state index is 0.00726. The van der Waals surface area contributed by atoms with Gasteiger partial charge in [-0.25, -0.2) is 4.39 Å². The maximum atomic E-state index is 14.2. The lowest BCUT2D eigenvalue weighted by Crippen LogP contribution is -2.21. The number of amides is 1. The van der Waals surface area contributed by atoms with Crippen LogP contribution in [-0.2, 0) is 4.79 Å². The third-order valence-electron chi connectivity index (χ3n) is 4.54. The molecule has 0 saturated carbocycles. The second-order valence-corrected chi connectivity index (χ2v) is 7.03. The van der Waals surface area contributed by atoms with E-state index in [1.807, 2.05) is 31.2 Å². The first-order chi connectivity index (χ1) is 15.5. The summed E-state index contributed by atoms with van der Waals surface area (Å²) in [6, 6.07) is 18.8. The van der Waals surface area contributed by atoms with Crippen molar-refractivity contribution in [1.29, 1.82) is 0 Å². The van der Waals surface area contributed by atoms with Crippen LogP contribution in [0.5, 0.6) is 17.2 Å². The number of anilines is 1. The van der Waals surface area contributed by atoms with Crippen molar-refractivity contribution in [3.63, 3.8) is 0 Å². The van der Waals surface area contributed by atoms with Crippen molar-refractivity contribution >= 4 is 11.6 Å². The second kappa shape index (κ2) is 9.25. The number of tetrazole rings is 1. The molecule has 0 saturated heterocycles. The molecule has 3 aromatic carbocycles. The van der Waals surface area contributed by atoms with Crippen LogP contribution in [0.25, 0.3) is 5.69 Å². The minimum atomic E-state index is -0.578. The fourth-order valence-electron chi connectivity index (χ4n) is 2.89. The molecule has 32 heavy (non-hydrogen) atoms. The first-order valence-corrected chi connectivity index (χ1v) is 9.80. The van der Waals surface area contributed by atoms with E-state index in [-0.39, 0.29) is 12.3 Å². The maximum Gasteiger partial charge on any atom is 0.262 e. The van der Waals surface area contributed by atoms with Crippen molar-refractivity contribution < 1.29 is 18.7 Å². The Morgan fingerprint density at radius 1 is 0.969 bits per heavy atom. The lowest BCUT2D eigenvalue weighted by atomic mass is 10.2. The second-order valence-electron chi connectivity index (χ2n) is 7.03. The van der Waals surface area contributed by atoms with Crippen molar-refractivity contribution in [3.05, 3.63) is 83.9 Å². The van der Waals surface area contributed by atoms with E-state index in [0.717, 1.165) is 11.3 Å². The molecular formula is C23H20FN5O3. The third-order valence-corrected chi connectivity index (χ3v) is 4.54. The Morgan fingerprint density at radius 3 is 2.28 bits per heavy atom. The van der Waals surface area contributed by atoms with Gasteiger partial charge in [-0.1, -0.05) is 17.7 Å². The number of ether oxygens (including phenoxy) is 2. The molecule has 0 bridgehead atoms. The lowest BCUT2D eigenvalue weighted by Gasteiger charge is -2.11. The predicted molar refractivity (Wildman–Crippen MR) is 116 cm³/mol. The van der Waals surface area contributed by atoms with E-state index in [4.69, 9.17) is 9.47 Å². The van der Waals surface area contributed by atoms with E-state index in [9.17, 15) is 9.18 Å². The Morgan fingerprint density at radius 2 is 1.62 bits per heavy atom. The quantitative estimate of drug-likeness (QED) is 0.469. The molecule has 0 radical (unpaired) electrons. The van der Waals surface area contributed by atoms with Crippen LogP contribution in [0.4, 0.5) is 10.1 Å². The standard InChI is InChI=1S/C23H20FN5O3/c1-15-3-6-19(7-4-15)32-20-10-8-18(9-11-20)31-14-23(30)25-22-13-17(5-12-21(22)24)29-16(2)26-27-28-29/h3-13H,14H2,1-2H3,(H,25,30). The van der Waals surface area contributed by atoms with Gasteiger partial charge in [-0.2, -0.15) is 4.68 Å². The van der Waals surface area contributed by atoms with E-state index in [0.29, 0.717) is 23.0 Å². The highest BCUT2D eigenvalue weighted by Gasteiger charge is 2.12. The molecule has 0 fully saturated rings. The third kappa shape index (κ3) is 5.07. The maximum absolute atomic E-state index is 14.2. The number of aryl methyl sites for hydroxylation is 2. The largest absolute Gasteiger partial charge is 0.484 e. The fraction of sp³-hybridized carbons (Fsp3) is 0.130. The molecule has 9 heteroatoms. The monoisotopic (exact) mass is 433 g/mol. The average molecular weight is 433 g/mol. The zero-order valence-electron chi connectivity index (χ0n) is 17.4. The van der Waals surface area contributed by atoms with Crippen LogP contribution in [0.1, 0.15) is 11.4 Å². The van der Waals surface area contributed by atoms with Gasteiger partial charge in [-0.15, -0.1) is 5.10 Å². The molecule has 8 nitrogen and oxygen atoms in total. The summed E-state index contributed by atoms with van der Waals surface area (Å²) in [5.74, 6) is 1.30. The summed E-state index contributed by atoms with van der Waals surface area (Å²) in [6.45, 7) is 3.44. The van der Waals surface area contributed by atoms with Crippen molar-refractivity contribution in [2.24, 2.45) is 0 Å². The molecule has 4 rings (SSSR count). The van der Waals surface area contributed by atoms with Crippen molar-refractivity contribution in [3.8, 4) is 22.9 Å². The first-order valence-electron chi connectivity index (χ1n) is 9.80. The first kappa shape index (κ1) is 21.0. The predicted octanol–water partition coefficient (Wildman–Crippen LogP) is 4.23. The average Bonchev–Trinajstić information content (AvgIpc) is 3.22. The number of hydrogen-bond donors (Lipinski definition) is 1. The Balaban J connectivity index is 1.34. The Kier molecular flexibility index (Phi) is 6.07. The van der Waals surface area contributed by atoms with Gasteiger partial charge in [0, 0.05) is 0 Å². The number of aromatic nitrogens is 4. The number of rotatable bonds is 7. The van der Waals surface area contributed by atoms with Crippen LogP contribution in [-0.4, -0.2) is 32.7 Å². The van der Waals surface area contributed by atoms with Crippen molar-refractivity contribution in [2.75, 3.05) is 11.9 Å². The summed E-state index contributed by atoms with van der Waals surface area (Å²) >= 11 is 0. The zero-order valence-corrected chi connectivity index (χ0v) is 17.4. The van der Waals surface area contributed by atoms with Crippen molar-refractivity contribution in [2.45, 2.75) is 13.8 Å². The molecular weight excluding hydrogens is 413 g/mol. The summed E-state index contributed by atoms with van der Waals surface area (Å²) in [5.41, 5.74) is 1.68. The van der Waals surface area contributed by atoms with Gasteiger partial charge < -0.3 is 14.8 Å². The van der Waals surface area contributed by atoms with Crippen LogP contribution in [0, 0.1) is 19.7 Å². The summed E-state index contributed by atoms with van der Waals surface area (Å²) in [5, 5.41) is 13.7. The number of halogens is 1. The molecule has 0 aliphatic rings. The number of hydrogen-bond acceptors (Lipinski definition) is 6. The van der Waals surface area contributed by atoms with Gasteiger partial charge in [0.25, 0.3) is 5.91 Å². The van der Waals surface area contributed by atoms with Gasteiger partial charge in [0.1, 0.15) is 23.1 Å². The molecule has 0 spiro atoms. The lowest BCUT2D eigenvalue weighted by molar-refractivity contribution is -0.118. The molecule has 0 atom stereocenters. The van der Waals surface area contributed by atoms with Crippen LogP contribution in [0.15, 0.2) is 66.7 Å². The van der Waals surface area contributed by atoms with Gasteiger partial charge in [0.05, 0.1) is 11.4 Å². The Hall–Kier alpha value is -4.27. The van der Waals surface area contributed by atoms with Crippen LogP contribution >= 0.6 is 0 Å². The van der Waals surface area contributed by atoms with Gasteiger partial charge in [0.2, 0.25) is 0 Å². The highest BCUT2D eigenvalue weighted by molar-refractivity contribution is 5.92. The smallest absolute Gasteiger partial charge is 0.262 e. The molecule has 4 aromatic rings. The van der Waals surface area contributed by atoms with Crippen LogP contribution in [0.3, 0.4) is 0 Å². The van der Waals surface area contributed by atoms with Crippen molar-refractivity contribution in [1.82, 2.24) is 20.2 Å². The van der Waals surface area contributed by atoms with Gasteiger partial charge in [0.15, 0.2) is 12.4 Å². The van der Waals surface area contributed by atoms with E-state index >= 15 is 0 Å². The number of nitrogens with zero attached hydrogens (tertiary/aromatic N) is 4. The number of carbonyl (C=O) groups is 1. The Bertz CT molecular complexity index is 1220. The summed E-state index contributed by atoms with van der Waals surface area (Å²) in [6.07, 6.45) is 0. The van der Waals surface area contributed by atoms with Crippen LogP contribution in [0.2, 0.25) is 0 Å². The number of benzene rings is 3. The van der Waals surface area contributed by atoms with Crippen LogP contribution < -0.4 is 14.8 Å². The molecule has 1 heterocycles. The number of nitrogens with one attached hydrogen (secondary N) is 1. The molecule has 162 valence electrons. The summed E-state index contributed by atoms with van der Waals surface area (Å²) < 4.78 is 26.8. The highest BCUT2D eigenvalue weighted by atomic mass is 19.1.